The van der Waals surface area contributed by atoms with E-state index in [1.54, 1.807) is 7.11 Å². The third-order valence-electron chi connectivity index (χ3n) is 5.33. The fourth-order valence-corrected chi connectivity index (χ4v) is 4.19. The minimum atomic E-state index is -0.196. The van der Waals surface area contributed by atoms with Crippen molar-refractivity contribution in [2.45, 2.75) is 51.2 Å². The monoisotopic (exact) mass is 317 g/mol. The normalized spacial score (nSPS) is 23.2. The summed E-state index contributed by atoms with van der Waals surface area (Å²) in [4.78, 5) is 14.5. The van der Waals surface area contributed by atoms with Crippen molar-refractivity contribution in [3.05, 3.63) is 35.9 Å². The van der Waals surface area contributed by atoms with Gasteiger partial charge in [0, 0.05) is 13.7 Å². The Hall–Kier alpha value is -1.55. The Kier molecular flexibility index (Phi) is 5.21. The molecular weight excluding hydrogens is 290 g/mol. The van der Waals surface area contributed by atoms with Gasteiger partial charge in [-0.05, 0) is 30.2 Å². The van der Waals surface area contributed by atoms with Crippen molar-refractivity contribution in [1.82, 2.24) is 4.90 Å². The van der Waals surface area contributed by atoms with Crippen LogP contribution in [0.2, 0.25) is 0 Å². The lowest BCUT2D eigenvalue weighted by Crippen LogP contribution is -2.39. The summed E-state index contributed by atoms with van der Waals surface area (Å²) < 4.78 is 10.9. The second-order valence-electron chi connectivity index (χ2n) is 7.04. The van der Waals surface area contributed by atoms with Crippen LogP contribution in [0, 0.1) is 5.41 Å². The molecule has 1 saturated carbocycles. The standard InChI is InChI=1S/C19H27NO3/c1-22-14-17-12-19(10-6-3-7-11-19)15-20(17)18(21)23-13-16-8-4-2-5-9-16/h2,4-5,8-9,17H,3,6-7,10-15H2,1H3. The number of rotatable bonds is 4. The number of methoxy groups -OCH3 is 1. The smallest absolute Gasteiger partial charge is 0.410 e. The van der Waals surface area contributed by atoms with Gasteiger partial charge in [0.2, 0.25) is 0 Å². The van der Waals surface area contributed by atoms with Gasteiger partial charge in [-0.1, -0.05) is 49.6 Å². The highest BCUT2D eigenvalue weighted by atomic mass is 16.6. The first-order chi connectivity index (χ1) is 11.2. The molecule has 2 aliphatic rings. The van der Waals surface area contributed by atoms with Gasteiger partial charge < -0.3 is 14.4 Å². The first-order valence-electron chi connectivity index (χ1n) is 8.69. The molecule has 4 nitrogen and oxygen atoms in total. The molecule has 0 N–H and O–H groups in total. The quantitative estimate of drug-likeness (QED) is 0.842. The zero-order valence-corrected chi connectivity index (χ0v) is 14.0. The predicted octanol–water partition coefficient (Wildman–Crippen LogP) is 3.99. The Morgan fingerprint density at radius 1 is 1.22 bits per heavy atom. The van der Waals surface area contributed by atoms with Gasteiger partial charge in [-0.2, -0.15) is 0 Å². The van der Waals surface area contributed by atoms with Crippen molar-refractivity contribution >= 4 is 6.09 Å². The van der Waals surface area contributed by atoms with Crippen LogP contribution in [0.4, 0.5) is 4.79 Å². The van der Waals surface area contributed by atoms with E-state index in [-0.39, 0.29) is 12.1 Å². The first-order valence-corrected chi connectivity index (χ1v) is 8.69. The summed E-state index contributed by atoms with van der Waals surface area (Å²) in [7, 11) is 1.71. The molecule has 3 rings (SSSR count). The van der Waals surface area contributed by atoms with Crippen LogP contribution in [0.1, 0.15) is 44.1 Å². The van der Waals surface area contributed by atoms with E-state index in [4.69, 9.17) is 9.47 Å². The van der Waals surface area contributed by atoms with Crippen LogP contribution >= 0.6 is 0 Å². The Bertz CT molecular complexity index is 511. The number of hydrogen-bond donors (Lipinski definition) is 0. The summed E-state index contributed by atoms with van der Waals surface area (Å²) in [6, 6.07) is 10.0. The van der Waals surface area contributed by atoms with Crippen molar-refractivity contribution in [1.29, 1.82) is 0 Å². The largest absolute Gasteiger partial charge is 0.445 e. The van der Waals surface area contributed by atoms with Crippen LogP contribution in [0.25, 0.3) is 0 Å². The molecule has 126 valence electrons. The zero-order valence-electron chi connectivity index (χ0n) is 14.0. The minimum absolute atomic E-state index is 0.154. The predicted molar refractivity (Wildman–Crippen MR) is 89.1 cm³/mol. The second-order valence-corrected chi connectivity index (χ2v) is 7.04. The summed E-state index contributed by atoms with van der Waals surface area (Å²) in [5.74, 6) is 0. The van der Waals surface area contributed by atoms with E-state index in [1.807, 2.05) is 35.2 Å². The molecule has 1 aliphatic heterocycles. The molecule has 23 heavy (non-hydrogen) atoms. The Labute approximate surface area is 138 Å². The van der Waals surface area contributed by atoms with Crippen molar-refractivity contribution in [3.8, 4) is 0 Å². The highest BCUT2D eigenvalue weighted by Crippen LogP contribution is 2.46. The summed E-state index contributed by atoms with van der Waals surface area (Å²) in [6.45, 7) is 1.76. The highest BCUT2D eigenvalue weighted by Gasteiger charge is 2.46. The highest BCUT2D eigenvalue weighted by molar-refractivity contribution is 5.68. The van der Waals surface area contributed by atoms with Crippen molar-refractivity contribution < 1.29 is 14.3 Å². The molecule has 1 unspecified atom stereocenters. The van der Waals surface area contributed by atoms with E-state index in [0.29, 0.717) is 18.6 Å². The van der Waals surface area contributed by atoms with E-state index in [2.05, 4.69) is 0 Å². The topological polar surface area (TPSA) is 38.8 Å². The van der Waals surface area contributed by atoms with Gasteiger partial charge >= 0.3 is 6.09 Å². The first kappa shape index (κ1) is 16.3. The summed E-state index contributed by atoms with van der Waals surface area (Å²) in [5, 5.41) is 0. The average molecular weight is 317 g/mol. The van der Waals surface area contributed by atoms with E-state index >= 15 is 0 Å². The number of ether oxygens (including phenoxy) is 2. The van der Waals surface area contributed by atoms with Crippen molar-refractivity contribution in [2.75, 3.05) is 20.3 Å². The molecule has 1 heterocycles. The van der Waals surface area contributed by atoms with Gasteiger partial charge in [0.25, 0.3) is 0 Å². The molecule has 1 aromatic carbocycles. The van der Waals surface area contributed by atoms with E-state index in [9.17, 15) is 4.79 Å². The van der Waals surface area contributed by atoms with Crippen LogP contribution in [-0.2, 0) is 16.1 Å². The third-order valence-corrected chi connectivity index (χ3v) is 5.33. The molecule has 4 heteroatoms. The van der Waals surface area contributed by atoms with Crippen LogP contribution in [-0.4, -0.2) is 37.3 Å². The number of hydrogen-bond acceptors (Lipinski definition) is 3. The molecule has 1 atom stereocenters. The molecule has 1 amide bonds. The molecule has 0 bridgehead atoms. The Morgan fingerprint density at radius 2 is 1.96 bits per heavy atom. The number of benzene rings is 1. The van der Waals surface area contributed by atoms with E-state index < -0.39 is 0 Å². The number of amides is 1. The van der Waals surface area contributed by atoms with Gasteiger partial charge in [-0.3, -0.25) is 0 Å². The Morgan fingerprint density at radius 3 is 2.65 bits per heavy atom. The SMILES string of the molecule is COCC1CC2(CCCCC2)CN1C(=O)OCc1ccccc1. The van der Waals surface area contributed by atoms with Gasteiger partial charge in [0.1, 0.15) is 6.61 Å². The number of nitrogens with zero attached hydrogens (tertiary/aromatic N) is 1. The van der Waals surface area contributed by atoms with Gasteiger partial charge in [-0.15, -0.1) is 0 Å². The molecule has 1 aromatic rings. The van der Waals surface area contributed by atoms with Crippen LogP contribution in [0.5, 0.6) is 0 Å². The zero-order chi connectivity index (χ0) is 16.1. The van der Waals surface area contributed by atoms with Crippen LogP contribution in [0.3, 0.4) is 0 Å². The second kappa shape index (κ2) is 7.35. The summed E-state index contributed by atoms with van der Waals surface area (Å²) in [5.41, 5.74) is 1.32. The van der Waals surface area contributed by atoms with Crippen LogP contribution in [0.15, 0.2) is 30.3 Å². The number of carbonyl (C=O) groups is 1. The lowest BCUT2D eigenvalue weighted by atomic mass is 9.73. The maximum atomic E-state index is 12.6. The van der Waals surface area contributed by atoms with Crippen LogP contribution < -0.4 is 0 Å². The van der Waals surface area contributed by atoms with Crippen molar-refractivity contribution in [2.24, 2.45) is 5.41 Å². The van der Waals surface area contributed by atoms with Gasteiger partial charge in [0.15, 0.2) is 0 Å². The molecular formula is C19H27NO3. The molecule has 0 radical (unpaired) electrons. The maximum Gasteiger partial charge on any atom is 0.410 e. The molecule has 1 spiro atoms. The Balaban J connectivity index is 1.62. The third kappa shape index (κ3) is 3.86. The molecule has 2 fully saturated rings. The van der Waals surface area contributed by atoms with Gasteiger partial charge in [0.05, 0.1) is 12.6 Å². The minimum Gasteiger partial charge on any atom is -0.445 e. The van der Waals surface area contributed by atoms with E-state index in [0.717, 1.165) is 18.5 Å². The lowest BCUT2D eigenvalue weighted by Gasteiger charge is -2.32. The fraction of sp³-hybridized carbons (Fsp3) is 0.632. The average Bonchev–Trinajstić information content (AvgIpc) is 2.92. The summed E-state index contributed by atoms with van der Waals surface area (Å²) in [6.07, 6.45) is 7.22. The lowest BCUT2D eigenvalue weighted by molar-refractivity contribution is 0.0685. The number of likely N-dealkylation sites (tertiary alicyclic amines) is 1. The van der Waals surface area contributed by atoms with Crippen molar-refractivity contribution in [3.63, 3.8) is 0 Å². The fourth-order valence-electron chi connectivity index (χ4n) is 4.19. The molecule has 1 aliphatic carbocycles. The number of carbonyl (C=O) groups excluding carboxylic acids is 1. The molecule has 1 saturated heterocycles. The van der Waals surface area contributed by atoms with Gasteiger partial charge in [-0.25, -0.2) is 4.79 Å². The maximum absolute atomic E-state index is 12.6. The summed E-state index contributed by atoms with van der Waals surface area (Å²) >= 11 is 0. The molecule has 0 aromatic heterocycles. The van der Waals surface area contributed by atoms with E-state index in [1.165, 1.54) is 32.1 Å².